The predicted octanol–water partition coefficient (Wildman–Crippen LogP) is 11.5. The van der Waals surface area contributed by atoms with Crippen LogP contribution in [0.3, 0.4) is 0 Å². The van der Waals surface area contributed by atoms with E-state index in [0.29, 0.717) is 18.8 Å². The lowest BCUT2D eigenvalue weighted by Crippen LogP contribution is -2.33. The topological polar surface area (TPSA) is 74.6 Å². The Hall–Kier alpha value is -1.06. The smallest absolute Gasteiger partial charge is 0.303 e. The summed E-state index contributed by atoms with van der Waals surface area (Å²) in [5, 5.41) is 18.3. The average molecular weight is 553 g/mol. The number of aliphatic carboxylic acids is 2. The van der Waals surface area contributed by atoms with Crippen molar-refractivity contribution in [3.05, 3.63) is 0 Å². The van der Waals surface area contributed by atoms with Crippen LogP contribution in [0.1, 0.15) is 189 Å². The normalized spacial score (nSPS) is 15.5. The Kier molecular flexibility index (Phi) is 24.0. The molecular formula is C35H68O4. The summed E-state index contributed by atoms with van der Waals surface area (Å²) in [5.41, 5.74) is 0.235. The maximum absolute atomic E-state index is 11.6. The maximum Gasteiger partial charge on any atom is 0.303 e. The number of carbonyl (C=O) groups is 2. The Balaban J connectivity index is 5.00. The summed E-state index contributed by atoms with van der Waals surface area (Å²) in [4.78, 5) is 22.2. The molecule has 0 fully saturated rings. The summed E-state index contributed by atoms with van der Waals surface area (Å²) in [5.74, 6) is 0.709. The molecule has 0 heterocycles. The van der Waals surface area contributed by atoms with E-state index in [1.54, 1.807) is 0 Å². The van der Waals surface area contributed by atoms with Crippen LogP contribution in [-0.2, 0) is 9.59 Å². The van der Waals surface area contributed by atoms with Crippen LogP contribution in [0.15, 0.2) is 0 Å². The van der Waals surface area contributed by atoms with Gasteiger partial charge in [0, 0.05) is 12.8 Å². The highest BCUT2D eigenvalue weighted by atomic mass is 16.4. The van der Waals surface area contributed by atoms with Gasteiger partial charge in [-0.3, -0.25) is 9.59 Å². The van der Waals surface area contributed by atoms with Gasteiger partial charge in [-0.25, -0.2) is 0 Å². The van der Waals surface area contributed by atoms with Crippen LogP contribution in [0.4, 0.5) is 0 Å². The van der Waals surface area contributed by atoms with Gasteiger partial charge in [0.05, 0.1) is 0 Å². The zero-order chi connectivity index (χ0) is 29.4. The molecule has 0 aromatic heterocycles. The summed E-state index contributed by atoms with van der Waals surface area (Å²) < 4.78 is 0. The van der Waals surface area contributed by atoms with Crippen molar-refractivity contribution in [2.24, 2.45) is 23.2 Å². The van der Waals surface area contributed by atoms with Gasteiger partial charge in [0.1, 0.15) is 0 Å². The molecule has 0 aromatic rings. The van der Waals surface area contributed by atoms with Gasteiger partial charge in [-0.1, -0.05) is 144 Å². The quantitative estimate of drug-likeness (QED) is 0.0905. The average Bonchev–Trinajstić information content (AvgIpc) is 2.90. The lowest BCUT2D eigenvalue weighted by atomic mass is 9.62. The summed E-state index contributed by atoms with van der Waals surface area (Å²) in [6, 6.07) is 0. The fourth-order valence-corrected chi connectivity index (χ4v) is 6.84. The van der Waals surface area contributed by atoms with E-state index in [2.05, 4.69) is 34.6 Å². The number of hydrogen-bond acceptors (Lipinski definition) is 2. The van der Waals surface area contributed by atoms with Crippen molar-refractivity contribution in [2.45, 2.75) is 189 Å². The SMILES string of the molecule is CCCCC(CC)CC(C)(CC(CC)CCCC)C(CCCCCCCCCCCCC(=O)O)CCC(=O)O. The zero-order valence-electron chi connectivity index (χ0n) is 26.9. The van der Waals surface area contributed by atoms with E-state index in [1.807, 2.05) is 0 Å². The van der Waals surface area contributed by atoms with Crippen molar-refractivity contribution in [1.82, 2.24) is 0 Å². The molecule has 0 rings (SSSR count). The minimum Gasteiger partial charge on any atom is -0.481 e. The summed E-state index contributed by atoms with van der Waals surface area (Å²) in [7, 11) is 0. The molecule has 0 saturated heterocycles. The van der Waals surface area contributed by atoms with E-state index in [4.69, 9.17) is 5.11 Å². The Morgan fingerprint density at radius 2 is 0.949 bits per heavy atom. The number of hydrogen-bond donors (Lipinski definition) is 2. The number of rotatable bonds is 29. The van der Waals surface area contributed by atoms with Gasteiger partial charge in [-0.15, -0.1) is 0 Å². The first kappa shape index (κ1) is 37.9. The highest BCUT2D eigenvalue weighted by Crippen LogP contribution is 2.47. The second kappa shape index (κ2) is 24.7. The largest absolute Gasteiger partial charge is 0.481 e. The molecule has 0 spiro atoms. The first-order chi connectivity index (χ1) is 18.7. The fraction of sp³-hybridized carbons (Fsp3) is 0.943. The minimum absolute atomic E-state index is 0.235. The standard InChI is InChI=1S/C35H68O4/c1-6-10-22-30(8-3)28-35(5,29-31(9-4)23-11-7-2)32(26-27-34(38)39)24-20-18-16-14-12-13-15-17-19-21-25-33(36)37/h30-32H,6-29H2,1-5H3,(H,36,37)(H,38,39). The van der Waals surface area contributed by atoms with E-state index in [-0.39, 0.29) is 5.41 Å². The molecule has 3 atom stereocenters. The molecule has 2 N–H and O–H groups in total. The van der Waals surface area contributed by atoms with Gasteiger partial charge in [0.15, 0.2) is 0 Å². The third-order valence-corrected chi connectivity index (χ3v) is 9.48. The molecule has 39 heavy (non-hydrogen) atoms. The van der Waals surface area contributed by atoms with Gasteiger partial charge in [0.25, 0.3) is 0 Å². The second-order valence-electron chi connectivity index (χ2n) is 13.0. The van der Waals surface area contributed by atoms with Crippen LogP contribution in [0, 0.1) is 23.2 Å². The highest BCUT2D eigenvalue weighted by Gasteiger charge is 2.37. The fourth-order valence-electron chi connectivity index (χ4n) is 6.84. The number of carboxylic acid groups (broad SMARTS) is 2. The third kappa shape index (κ3) is 20.5. The summed E-state index contributed by atoms with van der Waals surface area (Å²) >= 11 is 0. The monoisotopic (exact) mass is 553 g/mol. The molecule has 0 radical (unpaired) electrons. The van der Waals surface area contributed by atoms with Gasteiger partial charge >= 0.3 is 11.9 Å². The van der Waals surface area contributed by atoms with Crippen LogP contribution in [-0.4, -0.2) is 22.2 Å². The first-order valence-corrected chi connectivity index (χ1v) is 17.2. The van der Waals surface area contributed by atoms with E-state index >= 15 is 0 Å². The molecule has 0 bridgehead atoms. The predicted molar refractivity (Wildman–Crippen MR) is 167 cm³/mol. The molecule has 0 aliphatic rings. The molecule has 0 amide bonds. The molecule has 0 aliphatic heterocycles. The lowest BCUT2D eigenvalue weighted by molar-refractivity contribution is -0.138. The second-order valence-corrected chi connectivity index (χ2v) is 13.0. The van der Waals surface area contributed by atoms with Crippen LogP contribution in [0.2, 0.25) is 0 Å². The van der Waals surface area contributed by atoms with Crippen LogP contribution in [0.25, 0.3) is 0 Å². The Morgan fingerprint density at radius 1 is 0.538 bits per heavy atom. The molecule has 0 aliphatic carbocycles. The summed E-state index contributed by atoms with van der Waals surface area (Å²) in [6.45, 7) is 11.8. The Bertz CT molecular complexity index is 569. The Morgan fingerprint density at radius 3 is 1.33 bits per heavy atom. The first-order valence-electron chi connectivity index (χ1n) is 17.2. The molecule has 0 aromatic carbocycles. The Labute approximate surface area is 243 Å². The van der Waals surface area contributed by atoms with E-state index in [1.165, 1.54) is 116 Å². The number of carboxylic acids is 2. The molecule has 232 valence electrons. The molecule has 4 heteroatoms. The van der Waals surface area contributed by atoms with Gasteiger partial charge < -0.3 is 10.2 Å². The molecule has 4 nitrogen and oxygen atoms in total. The zero-order valence-corrected chi connectivity index (χ0v) is 26.9. The van der Waals surface area contributed by atoms with Crippen LogP contribution in [0.5, 0.6) is 0 Å². The molecular weight excluding hydrogens is 484 g/mol. The maximum atomic E-state index is 11.6. The highest BCUT2D eigenvalue weighted by molar-refractivity contribution is 5.66. The van der Waals surface area contributed by atoms with Gasteiger partial charge in [0.2, 0.25) is 0 Å². The molecule has 3 unspecified atom stereocenters. The van der Waals surface area contributed by atoms with Crippen molar-refractivity contribution in [3.63, 3.8) is 0 Å². The van der Waals surface area contributed by atoms with Gasteiger partial charge in [-0.2, -0.15) is 0 Å². The van der Waals surface area contributed by atoms with Gasteiger partial charge in [-0.05, 0) is 55.3 Å². The summed E-state index contributed by atoms with van der Waals surface area (Å²) in [6.07, 6.45) is 27.3. The van der Waals surface area contributed by atoms with E-state index in [9.17, 15) is 14.7 Å². The third-order valence-electron chi connectivity index (χ3n) is 9.48. The minimum atomic E-state index is -0.677. The van der Waals surface area contributed by atoms with Crippen molar-refractivity contribution < 1.29 is 19.8 Å². The number of unbranched alkanes of at least 4 members (excludes halogenated alkanes) is 11. The van der Waals surface area contributed by atoms with E-state index in [0.717, 1.165) is 37.5 Å². The van der Waals surface area contributed by atoms with Crippen molar-refractivity contribution in [2.75, 3.05) is 0 Å². The van der Waals surface area contributed by atoms with Crippen molar-refractivity contribution >= 4 is 11.9 Å². The van der Waals surface area contributed by atoms with E-state index < -0.39 is 11.9 Å². The van der Waals surface area contributed by atoms with Crippen LogP contribution < -0.4 is 0 Å². The van der Waals surface area contributed by atoms with Crippen molar-refractivity contribution in [3.8, 4) is 0 Å². The lowest BCUT2D eigenvalue weighted by Gasteiger charge is -2.43. The van der Waals surface area contributed by atoms with Crippen molar-refractivity contribution in [1.29, 1.82) is 0 Å². The van der Waals surface area contributed by atoms with Crippen LogP contribution >= 0.6 is 0 Å². The molecule has 0 saturated carbocycles.